The molecule has 2 unspecified atom stereocenters. The lowest BCUT2D eigenvalue weighted by atomic mass is 9.92. The van der Waals surface area contributed by atoms with Gasteiger partial charge in [-0.1, -0.05) is 19.9 Å². The Labute approximate surface area is 277 Å². The predicted molar refractivity (Wildman–Crippen MR) is 174 cm³/mol. The van der Waals surface area contributed by atoms with Crippen molar-refractivity contribution in [2.45, 2.75) is 39.2 Å². The van der Waals surface area contributed by atoms with Crippen LogP contribution in [-0.2, 0) is 14.3 Å². The van der Waals surface area contributed by atoms with Gasteiger partial charge in [0, 0.05) is 37.5 Å². The van der Waals surface area contributed by atoms with E-state index in [0.29, 0.717) is 35.4 Å². The minimum Gasteiger partial charge on any atom is -0.493 e. The van der Waals surface area contributed by atoms with Gasteiger partial charge in [-0.15, -0.1) is 0 Å². The zero-order valence-corrected chi connectivity index (χ0v) is 27.2. The van der Waals surface area contributed by atoms with Crippen LogP contribution in [0.2, 0.25) is 0 Å². The van der Waals surface area contributed by atoms with Crippen molar-refractivity contribution in [2.24, 2.45) is 10.8 Å². The molecule has 1 aliphatic heterocycles. The van der Waals surface area contributed by atoms with Crippen molar-refractivity contribution in [3.63, 3.8) is 0 Å². The number of hydrogen-bond donors (Lipinski definition) is 2. The van der Waals surface area contributed by atoms with Crippen LogP contribution in [0.1, 0.15) is 33.1 Å². The van der Waals surface area contributed by atoms with Crippen molar-refractivity contribution >= 4 is 28.4 Å². The number of fused-ring (bicyclic) bond motifs is 1. The van der Waals surface area contributed by atoms with Gasteiger partial charge >= 0.3 is 0 Å². The second-order valence-corrected chi connectivity index (χ2v) is 12.8. The number of ether oxygens (including phenoxy) is 4. The van der Waals surface area contributed by atoms with Gasteiger partial charge in [0.15, 0.2) is 23.1 Å². The SMILES string of the molecule is COc1cc2c(Oc3ccc(NC(=O)C4(C(=O)NC5C=CC(F)=CC5)CC4(C)C)cc3F)ncnc2cc1OCCCN1CCOCC1. The fraction of sp³-hybridized carbons (Fsp3) is 0.429. The van der Waals surface area contributed by atoms with E-state index in [9.17, 15) is 14.0 Å². The molecule has 254 valence electrons. The Balaban J connectivity index is 1.12. The number of carbonyl (C=O) groups excluding carboxylic acids is 2. The topological polar surface area (TPSA) is 124 Å². The molecule has 11 nitrogen and oxygen atoms in total. The van der Waals surface area contributed by atoms with Gasteiger partial charge in [-0.3, -0.25) is 14.5 Å². The lowest BCUT2D eigenvalue weighted by Gasteiger charge is -2.26. The number of allylic oxidation sites excluding steroid dienone is 2. The molecule has 0 spiro atoms. The predicted octanol–water partition coefficient (Wildman–Crippen LogP) is 5.32. The molecule has 2 N–H and O–H groups in total. The smallest absolute Gasteiger partial charge is 0.240 e. The number of rotatable bonds is 12. The maximum atomic E-state index is 15.4. The van der Waals surface area contributed by atoms with Crippen molar-refractivity contribution in [3.05, 3.63) is 66.5 Å². The van der Waals surface area contributed by atoms with Crippen molar-refractivity contribution in [2.75, 3.05) is 51.9 Å². The van der Waals surface area contributed by atoms with Gasteiger partial charge in [0.25, 0.3) is 0 Å². The largest absolute Gasteiger partial charge is 0.493 e. The second-order valence-electron chi connectivity index (χ2n) is 12.8. The summed E-state index contributed by atoms with van der Waals surface area (Å²) in [6, 6.07) is 6.99. The number of nitrogens with one attached hydrogen (secondary N) is 2. The highest BCUT2D eigenvalue weighted by Gasteiger charge is 2.71. The highest BCUT2D eigenvalue weighted by molar-refractivity contribution is 6.14. The van der Waals surface area contributed by atoms with E-state index >= 15 is 4.39 Å². The molecule has 1 saturated heterocycles. The summed E-state index contributed by atoms with van der Waals surface area (Å²) in [4.78, 5) is 37.7. The third-order valence-electron chi connectivity index (χ3n) is 9.14. The highest BCUT2D eigenvalue weighted by atomic mass is 19.1. The molecule has 2 amide bonds. The van der Waals surface area contributed by atoms with Crippen molar-refractivity contribution < 1.29 is 37.3 Å². The maximum absolute atomic E-state index is 15.4. The van der Waals surface area contributed by atoms with Crippen LogP contribution in [0.4, 0.5) is 14.5 Å². The Morgan fingerprint density at radius 3 is 2.54 bits per heavy atom. The normalized spacial score (nSPS) is 21.7. The molecule has 0 radical (unpaired) electrons. The average Bonchev–Trinajstić information content (AvgIpc) is 3.68. The summed E-state index contributed by atoms with van der Waals surface area (Å²) in [5.41, 5.74) is -1.29. The molecule has 2 fully saturated rings. The first-order valence-electron chi connectivity index (χ1n) is 16.0. The molecule has 3 aliphatic rings. The fourth-order valence-electron chi connectivity index (χ4n) is 6.18. The molecule has 0 bridgehead atoms. The summed E-state index contributed by atoms with van der Waals surface area (Å²) in [6.07, 6.45) is 6.97. The van der Waals surface area contributed by atoms with Crippen LogP contribution in [0.25, 0.3) is 10.9 Å². The molecule has 6 rings (SSSR count). The van der Waals surface area contributed by atoms with Crippen LogP contribution in [0.5, 0.6) is 23.1 Å². The lowest BCUT2D eigenvalue weighted by molar-refractivity contribution is -0.136. The first-order valence-corrected chi connectivity index (χ1v) is 16.0. The molecule has 2 aliphatic carbocycles. The fourth-order valence-corrected chi connectivity index (χ4v) is 6.18. The quantitative estimate of drug-likeness (QED) is 0.196. The molecule has 3 aromatic rings. The average molecular weight is 664 g/mol. The maximum Gasteiger partial charge on any atom is 0.240 e. The summed E-state index contributed by atoms with van der Waals surface area (Å²) in [7, 11) is 1.53. The molecule has 48 heavy (non-hydrogen) atoms. The molecule has 2 heterocycles. The third kappa shape index (κ3) is 6.97. The number of anilines is 1. The molecule has 2 aromatic carbocycles. The number of methoxy groups -OCH3 is 1. The zero-order valence-electron chi connectivity index (χ0n) is 27.2. The number of halogens is 2. The van der Waals surface area contributed by atoms with E-state index in [1.807, 2.05) is 13.8 Å². The summed E-state index contributed by atoms with van der Waals surface area (Å²) in [6.45, 7) is 8.35. The molecule has 2 atom stereocenters. The van der Waals surface area contributed by atoms with E-state index < -0.39 is 34.5 Å². The van der Waals surface area contributed by atoms with E-state index in [4.69, 9.17) is 18.9 Å². The number of hydrogen-bond acceptors (Lipinski definition) is 9. The van der Waals surface area contributed by atoms with E-state index in [0.717, 1.165) is 45.3 Å². The van der Waals surface area contributed by atoms with Crippen molar-refractivity contribution in [1.82, 2.24) is 20.2 Å². The van der Waals surface area contributed by atoms with E-state index in [-0.39, 0.29) is 29.6 Å². The zero-order chi connectivity index (χ0) is 33.9. The number of aromatic nitrogens is 2. The van der Waals surface area contributed by atoms with Gasteiger partial charge < -0.3 is 29.6 Å². The van der Waals surface area contributed by atoms with Gasteiger partial charge in [-0.05, 0) is 55.0 Å². The Hall–Kier alpha value is -4.62. The number of benzene rings is 2. The van der Waals surface area contributed by atoms with Gasteiger partial charge in [0.2, 0.25) is 17.7 Å². The Kier molecular flexibility index (Phi) is 9.61. The standard InChI is InChI=1S/C35H39F2N5O6/c1-34(2)20-35(34,32(43)40-23-7-5-22(36)6-8-23)33(44)41-24-9-10-28(26(37)17-24)48-31-25-18-29(45-3)30(19-27(25)38-21-39-31)47-14-4-11-42-12-15-46-16-13-42/h5-7,9-10,17-19,21,23H,4,8,11-16,20H2,1-3H3,(H,40,43)(H,41,44). The van der Waals surface area contributed by atoms with E-state index in [2.05, 4.69) is 25.5 Å². The molecular formula is C35H39F2N5O6. The molecule has 13 heteroatoms. The number of morpholine rings is 1. The molecule has 1 saturated carbocycles. The van der Waals surface area contributed by atoms with Crippen LogP contribution in [0.15, 0.2) is 60.7 Å². The molecule has 1 aromatic heterocycles. The third-order valence-corrected chi connectivity index (χ3v) is 9.14. The van der Waals surface area contributed by atoms with Crippen LogP contribution < -0.4 is 24.8 Å². The van der Waals surface area contributed by atoms with Crippen LogP contribution in [0.3, 0.4) is 0 Å². The minimum atomic E-state index is -1.35. The van der Waals surface area contributed by atoms with Gasteiger partial charge in [0.05, 0.1) is 43.9 Å². The van der Waals surface area contributed by atoms with Gasteiger partial charge in [-0.2, -0.15) is 0 Å². The lowest BCUT2D eigenvalue weighted by Crippen LogP contribution is -2.46. The number of nitrogens with zero attached hydrogens (tertiary/aromatic N) is 3. The summed E-state index contributed by atoms with van der Waals surface area (Å²) in [5.74, 6) is -1.16. The summed E-state index contributed by atoms with van der Waals surface area (Å²) < 4.78 is 51.6. The van der Waals surface area contributed by atoms with Crippen LogP contribution in [0, 0.1) is 16.6 Å². The van der Waals surface area contributed by atoms with Crippen LogP contribution >= 0.6 is 0 Å². The first-order chi connectivity index (χ1) is 23.1. The Morgan fingerprint density at radius 1 is 1.06 bits per heavy atom. The van der Waals surface area contributed by atoms with E-state index in [1.54, 1.807) is 18.2 Å². The van der Waals surface area contributed by atoms with Gasteiger partial charge in [0.1, 0.15) is 17.6 Å². The van der Waals surface area contributed by atoms with Crippen LogP contribution in [-0.4, -0.2) is 79.3 Å². The minimum absolute atomic E-state index is 0.106. The number of carbonyl (C=O) groups is 2. The van der Waals surface area contributed by atoms with E-state index in [1.165, 1.54) is 37.7 Å². The number of amides is 2. The Morgan fingerprint density at radius 2 is 1.85 bits per heavy atom. The first kappa shape index (κ1) is 33.3. The second kappa shape index (κ2) is 13.9. The summed E-state index contributed by atoms with van der Waals surface area (Å²) >= 11 is 0. The Bertz CT molecular complexity index is 1760. The molecular weight excluding hydrogens is 624 g/mol. The summed E-state index contributed by atoms with van der Waals surface area (Å²) in [5, 5.41) is 6.02. The van der Waals surface area contributed by atoms with Crippen molar-refractivity contribution in [1.29, 1.82) is 0 Å². The van der Waals surface area contributed by atoms with Crippen molar-refractivity contribution in [3.8, 4) is 23.1 Å². The van der Waals surface area contributed by atoms with Gasteiger partial charge in [-0.25, -0.2) is 18.7 Å². The monoisotopic (exact) mass is 663 g/mol. The highest BCUT2D eigenvalue weighted by Crippen LogP contribution is 2.64.